The Kier molecular flexibility index (Phi) is 4.95. The second-order valence-corrected chi connectivity index (χ2v) is 4.84. The van der Waals surface area contributed by atoms with Gasteiger partial charge in [-0.3, -0.25) is 9.98 Å². The maximum absolute atomic E-state index is 4.26. The van der Waals surface area contributed by atoms with Crippen molar-refractivity contribution < 1.29 is 0 Å². The van der Waals surface area contributed by atoms with Crippen LogP contribution in [0.2, 0.25) is 0 Å². The Hall–Kier alpha value is -1.84. The summed E-state index contributed by atoms with van der Waals surface area (Å²) in [6.07, 6.45) is 11.3. The average molecular weight is 258 g/mol. The SMILES string of the molecule is CN=C(NCCc1ccncc1C)NC1CC=CC1. The molecule has 2 rings (SSSR count). The molecule has 0 bridgehead atoms. The third-order valence-corrected chi connectivity index (χ3v) is 3.40. The summed E-state index contributed by atoms with van der Waals surface area (Å²) in [7, 11) is 1.81. The Morgan fingerprint density at radius 3 is 2.89 bits per heavy atom. The van der Waals surface area contributed by atoms with E-state index >= 15 is 0 Å². The number of rotatable bonds is 4. The molecule has 1 aliphatic rings. The monoisotopic (exact) mass is 258 g/mol. The van der Waals surface area contributed by atoms with Crippen LogP contribution in [-0.4, -0.2) is 30.6 Å². The molecule has 19 heavy (non-hydrogen) atoms. The summed E-state index contributed by atoms with van der Waals surface area (Å²) in [5.41, 5.74) is 2.58. The van der Waals surface area contributed by atoms with Crippen LogP contribution in [0.4, 0.5) is 0 Å². The Morgan fingerprint density at radius 2 is 2.21 bits per heavy atom. The molecule has 0 fully saturated rings. The zero-order chi connectivity index (χ0) is 13.5. The van der Waals surface area contributed by atoms with E-state index < -0.39 is 0 Å². The highest BCUT2D eigenvalue weighted by Gasteiger charge is 2.11. The normalized spacial score (nSPS) is 15.8. The largest absolute Gasteiger partial charge is 0.356 e. The van der Waals surface area contributed by atoms with E-state index in [9.17, 15) is 0 Å². The quantitative estimate of drug-likeness (QED) is 0.492. The van der Waals surface area contributed by atoms with Crippen LogP contribution >= 0.6 is 0 Å². The number of pyridine rings is 1. The lowest BCUT2D eigenvalue weighted by Gasteiger charge is -2.17. The fourth-order valence-corrected chi connectivity index (χ4v) is 2.22. The van der Waals surface area contributed by atoms with Gasteiger partial charge in [0.2, 0.25) is 0 Å². The van der Waals surface area contributed by atoms with Crippen molar-refractivity contribution in [1.29, 1.82) is 0 Å². The number of hydrogen-bond donors (Lipinski definition) is 2. The van der Waals surface area contributed by atoms with Gasteiger partial charge in [0, 0.05) is 32.0 Å². The highest BCUT2D eigenvalue weighted by molar-refractivity contribution is 5.80. The Morgan fingerprint density at radius 1 is 1.42 bits per heavy atom. The van der Waals surface area contributed by atoms with Gasteiger partial charge in [-0.25, -0.2) is 0 Å². The van der Waals surface area contributed by atoms with Crippen LogP contribution in [0.15, 0.2) is 35.6 Å². The van der Waals surface area contributed by atoms with Gasteiger partial charge in [-0.1, -0.05) is 12.2 Å². The predicted octanol–water partition coefficient (Wildman–Crippen LogP) is 1.82. The molecule has 0 atom stereocenters. The molecule has 0 aliphatic heterocycles. The predicted molar refractivity (Wildman–Crippen MR) is 79.3 cm³/mol. The molecule has 1 aromatic heterocycles. The summed E-state index contributed by atoms with van der Waals surface area (Å²) < 4.78 is 0. The van der Waals surface area contributed by atoms with E-state index in [0.717, 1.165) is 31.8 Å². The van der Waals surface area contributed by atoms with Crippen molar-refractivity contribution in [3.8, 4) is 0 Å². The van der Waals surface area contributed by atoms with Crippen molar-refractivity contribution in [3.63, 3.8) is 0 Å². The second-order valence-electron chi connectivity index (χ2n) is 4.84. The van der Waals surface area contributed by atoms with Crippen molar-refractivity contribution in [2.75, 3.05) is 13.6 Å². The van der Waals surface area contributed by atoms with Gasteiger partial charge in [-0.15, -0.1) is 0 Å². The van der Waals surface area contributed by atoms with Crippen LogP contribution < -0.4 is 10.6 Å². The van der Waals surface area contributed by atoms with E-state index in [-0.39, 0.29) is 0 Å². The Balaban J connectivity index is 1.76. The molecule has 4 nitrogen and oxygen atoms in total. The summed E-state index contributed by atoms with van der Waals surface area (Å²) in [4.78, 5) is 8.37. The van der Waals surface area contributed by atoms with Gasteiger partial charge in [0.1, 0.15) is 0 Å². The minimum absolute atomic E-state index is 0.494. The smallest absolute Gasteiger partial charge is 0.191 e. The number of nitrogens with one attached hydrogen (secondary N) is 2. The van der Waals surface area contributed by atoms with Crippen molar-refractivity contribution in [2.45, 2.75) is 32.2 Å². The molecular weight excluding hydrogens is 236 g/mol. The highest BCUT2D eigenvalue weighted by Crippen LogP contribution is 2.08. The summed E-state index contributed by atoms with van der Waals surface area (Å²) in [5.74, 6) is 0.889. The molecule has 0 amide bonds. The minimum Gasteiger partial charge on any atom is -0.356 e. The van der Waals surface area contributed by atoms with Crippen LogP contribution in [0.25, 0.3) is 0 Å². The van der Waals surface area contributed by atoms with Crippen LogP contribution in [0.3, 0.4) is 0 Å². The van der Waals surface area contributed by atoms with E-state index in [1.807, 2.05) is 19.4 Å². The number of nitrogens with zero attached hydrogens (tertiary/aromatic N) is 2. The third kappa shape index (κ3) is 4.09. The van der Waals surface area contributed by atoms with Gasteiger partial charge < -0.3 is 10.6 Å². The minimum atomic E-state index is 0.494. The first-order valence-electron chi connectivity index (χ1n) is 6.81. The van der Waals surface area contributed by atoms with Gasteiger partial charge in [-0.2, -0.15) is 0 Å². The van der Waals surface area contributed by atoms with E-state index in [2.05, 4.69) is 45.8 Å². The number of aliphatic imine (C=N–C) groups is 1. The fraction of sp³-hybridized carbons (Fsp3) is 0.467. The summed E-state index contributed by atoms with van der Waals surface area (Å²) >= 11 is 0. The van der Waals surface area contributed by atoms with E-state index in [1.54, 1.807) is 0 Å². The van der Waals surface area contributed by atoms with Crippen LogP contribution in [0, 0.1) is 6.92 Å². The maximum atomic E-state index is 4.26. The Bertz CT molecular complexity index is 457. The van der Waals surface area contributed by atoms with Crippen molar-refractivity contribution >= 4 is 5.96 Å². The first kappa shape index (κ1) is 13.6. The van der Waals surface area contributed by atoms with Crippen LogP contribution in [-0.2, 0) is 6.42 Å². The maximum Gasteiger partial charge on any atom is 0.191 e. The van der Waals surface area contributed by atoms with Gasteiger partial charge in [0.15, 0.2) is 5.96 Å². The molecule has 0 unspecified atom stereocenters. The van der Waals surface area contributed by atoms with Gasteiger partial charge in [-0.05, 0) is 43.4 Å². The number of hydrogen-bond acceptors (Lipinski definition) is 2. The average Bonchev–Trinajstić information content (AvgIpc) is 2.92. The molecule has 0 spiro atoms. The van der Waals surface area contributed by atoms with Crippen molar-refractivity contribution in [1.82, 2.24) is 15.6 Å². The fourth-order valence-electron chi connectivity index (χ4n) is 2.22. The number of aryl methyl sites for hydroxylation is 1. The topological polar surface area (TPSA) is 49.3 Å². The zero-order valence-corrected chi connectivity index (χ0v) is 11.7. The Labute approximate surface area is 115 Å². The molecule has 0 saturated heterocycles. The van der Waals surface area contributed by atoms with E-state index in [0.29, 0.717) is 6.04 Å². The summed E-state index contributed by atoms with van der Waals surface area (Å²) in [6.45, 7) is 2.98. The second kappa shape index (κ2) is 6.92. The first-order valence-corrected chi connectivity index (χ1v) is 6.81. The van der Waals surface area contributed by atoms with Gasteiger partial charge in [0.25, 0.3) is 0 Å². The molecule has 2 N–H and O–H groups in total. The lowest BCUT2D eigenvalue weighted by Crippen LogP contribution is -2.43. The van der Waals surface area contributed by atoms with Crippen molar-refractivity contribution in [3.05, 3.63) is 41.7 Å². The number of guanidine groups is 1. The molecule has 0 radical (unpaired) electrons. The standard InChI is InChI=1S/C15H22N4/c1-12-11-17-9-7-13(12)8-10-18-15(16-2)19-14-5-3-4-6-14/h3-4,7,9,11,14H,5-6,8,10H2,1-2H3,(H2,16,18,19). The number of aromatic nitrogens is 1. The molecule has 1 heterocycles. The first-order chi connectivity index (χ1) is 9.29. The lowest BCUT2D eigenvalue weighted by molar-refractivity contribution is 0.632. The zero-order valence-electron chi connectivity index (χ0n) is 11.7. The van der Waals surface area contributed by atoms with Crippen molar-refractivity contribution in [2.24, 2.45) is 4.99 Å². The van der Waals surface area contributed by atoms with E-state index in [4.69, 9.17) is 0 Å². The van der Waals surface area contributed by atoms with Crippen LogP contribution in [0.5, 0.6) is 0 Å². The summed E-state index contributed by atoms with van der Waals surface area (Å²) in [6, 6.07) is 2.57. The summed E-state index contributed by atoms with van der Waals surface area (Å²) in [5, 5.41) is 6.79. The van der Waals surface area contributed by atoms with Crippen LogP contribution in [0.1, 0.15) is 24.0 Å². The molecule has 4 heteroatoms. The molecule has 0 saturated carbocycles. The highest BCUT2D eigenvalue weighted by atomic mass is 15.2. The van der Waals surface area contributed by atoms with Gasteiger partial charge >= 0.3 is 0 Å². The molecule has 1 aliphatic carbocycles. The lowest BCUT2D eigenvalue weighted by atomic mass is 10.1. The third-order valence-electron chi connectivity index (χ3n) is 3.40. The molecular formula is C15H22N4. The molecule has 0 aromatic carbocycles. The molecule has 102 valence electrons. The van der Waals surface area contributed by atoms with E-state index in [1.165, 1.54) is 11.1 Å². The van der Waals surface area contributed by atoms with Gasteiger partial charge in [0.05, 0.1) is 0 Å². The molecule has 1 aromatic rings.